The molecule has 0 unspecified atom stereocenters. The van der Waals surface area contributed by atoms with Gasteiger partial charge in [0, 0.05) is 5.56 Å². The number of benzene rings is 1. The Morgan fingerprint density at radius 1 is 1.14 bits per heavy atom. The number of ketones is 1. The molecular formula is C16H17N3O2. The molecule has 1 amide bonds. The summed E-state index contributed by atoms with van der Waals surface area (Å²) in [7, 11) is 0. The van der Waals surface area contributed by atoms with Crippen LogP contribution in [0.5, 0.6) is 0 Å². The van der Waals surface area contributed by atoms with Gasteiger partial charge in [0.1, 0.15) is 0 Å². The molecule has 108 valence electrons. The number of amides is 1. The van der Waals surface area contributed by atoms with E-state index in [9.17, 15) is 9.59 Å². The minimum atomic E-state index is -0.279. The Balaban J connectivity index is 2.35. The van der Waals surface area contributed by atoms with Gasteiger partial charge in [0.25, 0.3) is 5.91 Å². The lowest BCUT2D eigenvalue weighted by atomic mass is 10.1. The van der Waals surface area contributed by atoms with Crippen molar-refractivity contribution in [2.45, 2.75) is 27.2 Å². The first kappa shape index (κ1) is 14.8. The third-order valence-corrected chi connectivity index (χ3v) is 3.13. The van der Waals surface area contributed by atoms with Crippen LogP contribution in [-0.2, 0) is 6.42 Å². The number of carbonyl (C=O) groups excluding carboxylic acids is 2. The molecule has 1 aromatic heterocycles. The van der Waals surface area contributed by atoms with Gasteiger partial charge >= 0.3 is 0 Å². The van der Waals surface area contributed by atoms with Crippen molar-refractivity contribution in [3.8, 4) is 0 Å². The van der Waals surface area contributed by atoms with Crippen molar-refractivity contribution in [3.63, 3.8) is 0 Å². The van der Waals surface area contributed by atoms with Crippen LogP contribution in [-0.4, -0.2) is 21.9 Å². The Labute approximate surface area is 123 Å². The molecule has 0 atom stereocenters. The summed E-state index contributed by atoms with van der Waals surface area (Å²) >= 11 is 0. The summed E-state index contributed by atoms with van der Waals surface area (Å²) in [4.78, 5) is 24.0. The normalized spacial score (nSPS) is 10.2. The molecule has 0 saturated carbocycles. The number of para-hydroxylation sites is 1. The minimum Gasteiger partial charge on any atom is -0.321 e. The maximum Gasteiger partial charge on any atom is 0.257 e. The van der Waals surface area contributed by atoms with E-state index in [0.29, 0.717) is 34.6 Å². The number of nitrogens with one attached hydrogen (secondary N) is 1. The van der Waals surface area contributed by atoms with Crippen LogP contribution in [0.25, 0.3) is 0 Å². The van der Waals surface area contributed by atoms with Crippen LogP contribution in [0.2, 0.25) is 0 Å². The fourth-order valence-corrected chi connectivity index (χ4v) is 2.06. The summed E-state index contributed by atoms with van der Waals surface area (Å²) in [5.74, 6) is -0.371. The zero-order valence-electron chi connectivity index (χ0n) is 12.3. The minimum absolute atomic E-state index is 0.0920. The van der Waals surface area contributed by atoms with Crippen LogP contribution in [0, 0.1) is 6.92 Å². The lowest BCUT2D eigenvalue weighted by Crippen LogP contribution is -2.17. The summed E-state index contributed by atoms with van der Waals surface area (Å²) < 4.78 is 0. The molecule has 5 heteroatoms. The number of hydrogen-bond donors (Lipinski definition) is 1. The van der Waals surface area contributed by atoms with E-state index in [2.05, 4.69) is 15.5 Å². The van der Waals surface area contributed by atoms with Crippen molar-refractivity contribution in [1.29, 1.82) is 0 Å². The summed E-state index contributed by atoms with van der Waals surface area (Å²) in [6, 6.07) is 8.65. The zero-order valence-corrected chi connectivity index (χ0v) is 12.3. The summed E-state index contributed by atoms with van der Waals surface area (Å²) in [5, 5.41) is 10.8. The largest absolute Gasteiger partial charge is 0.321 e. The summed E-state index contributed by atoms with van der Waals surface area (Å²) in [5.41, 5.74) is 2.80. The van der Waals surface area contributed by atoms with Gasteiger partial charge in [-0.05, 0) is 38.5 Å². The van der Waals surface area contributed by atoms with Gasteiger partial charge in [0.2, 0.25) is 0 Å². The molecule has 21 heavy (non-hydrogen) atoms. The third-order valence-electron chi connectivity index (χ3n) is 3.13. The first-order valence-electron chi connectivity index (χ1n) is 6.77. The van der Waals surface area contributed by atoms with Gasteiger partial charge in [0.05, 0.1) is 22.6 Å². The fraction of sp³-hybridized carbons (Fsp3) is 0.250. The highest BCUT2D eigenvalue weighted by Gasteiger charge is 2.15. The second-order valence-corrected chi connectivity index (χ2v) is 4.76. The Hall–Kier alpha value is -2.56. The zero-order chi connectivity index (χ0) is 15.4. The number of nitrogens with zero attached hydrogens (tertiary/aromatic N) is 2. The molecule has 1 aromatic carbocycles. The van der Waals surface area contributed by atoms with Crippen molar-refractivity contribution in [2.24, 2.45) is 0 Å². The Kier molecular flexibility index (Phi) is 4.42. The number of aromatic nitrogens is 2. The first-order valence-corrected chi connectivity index (χ1v) is 6.77. The van der Waals surface area contributed by atoms with E-state index in [1.165, 1.54) is 6.92 Å². The Morgan fingerprint density at radius 3 is 2.52 bits per heavy atom. The highest BCUT2D eigenvalue weighted by Crippen LogP contribution is 2.17. The van der Waals surface area contributed by atoms with Gasteiger partial charge in [-0.3, -0.25) is 9.59 Å². The Morgan fingerprint density at radius 2 is 1.86 bits per heavy atom. The molecule has 0 radical (unpaired) electrons. The molecule has 2 rings (SSSR count). The van der Waals surface area contributed by atoms with Crippen LogP contribution < -0.4 is 5.32 Å². The van der Waals surface area contributed by atoms with Crippen molar-refractivity contribution in [1.82, 2.24) is 10.2 Å². The van der Waals surface area contributed by atoms with Gasteiger partial charge in [-0.1, -0.05) is 19.1 Å². The standard InChI is InChI=1S/C16H17N3O2/c1-4-14-13(9-10(2)18-19-14)16(21)17-15-8-6-5-7-12(15)11(3)20/h5-9H,4H2,1-3H3,(H,17,21). The van der Waals surface area contributed by atoms with E-state index in [0.717, 1.165) is 0 Å². The molecule has 0 spiro atoms. The molecule has 1 heterocycles. The average Bonchev–Trinajstić information content (AvgIpc) is 2.47. The van der Waals surface area contributed by atoms with E-state index in [-0.39, 0.29) is 11.7 Å². The summed E-state index contributed by atoms with van der Waals surface area (Å²) in [6.45, 7) is 5.17. The number of Topliss-reactive ketones (excluding diaryl/α,β-unsaturated/α-hetero) is 1. The van der Waals surface area contributed by atoms with Crippen LogP contribution in [0.15, 0.2) is 30.3 Å². The van der Waals surface area contributed by atoms with Gasteiger partial charge in [-0.2, -0.15) is 10.2 Å². The number of anilines is 1. The van der Waals surface area contributed by atoms with Crippen molar-refractivity contribution >= 4 is 17.4 Å². The molecule has 0 aliphatic carbocycles. The van der Waals surface area contributed by atoms with Crippen LogP contribution in [0.1, 0.15) is 46.0 Å². The topological polar surface area (TPSA) is 72.0 Å². The number of hydrogen-bond acceptors (Lipinski definition) is 4. The predicted octanol–water partition coefficient (Wildman–Crippen LogP) is 2.80. The number of aryl methyl sites for hydroxylation is 2. The molecule has 0 fully saturated rings. The maximum absolute atomic E-state index is 12.4. The Bertz CT molecular complexity index is 696. The molecular weight excluding hydrogens is 266 g/mol. The number of carbonyl (C=O) groups is 2. The van der Waals surface area contributed by atoms with E-state index < -0.39 is 0 Å². The third kappa shape index (κ3) is 3.31. The average molecular weight is 283 g/mol. The van der Waals surface area contributed by atoms with E-state index in [4.69, 9.17) is 0 Å². The molecule has 1 N–H and O–H groups in total. The molecule has 0 aliphatic heterocycles. The quantitative estimate of drug-likeness (QED) is 0.876. The molecule has 5 nitrogen and oxygen atoms in total. The maximum atomic E-state index is 12.4. The molecule has 0 saturated heterocycles. The highest BCUT2D eigenvalue weighted by molar-refractivity contribution is 6.09. The van der Waals surface area contributed by atoms with Crippen LogP contribution in [0.3, 0.4) is 0 Å². The van der Waals surface area contributed by atoms with Crippen molar-refractivity contribution in [2.75, 3.05) is 5.32 Å². The van der Waals surface area contributed by atoms with Crippen molar-refractivity contribution in [3.05, 3.63) is 52.8 Å². The summed E-state index contributed by atoms with van der Waals surface area (Å²) in [6.07, 6.45) is 0.615. The van der Waals surface area contributed by atoms with Crippen molar-refractivity contribution < 1.29 is 9.59 Å². The number of rotatable bonds is 4. The SMILES string of the molecule is CCc1nnc(C)cc1C(=O)Nc1ccccc1C(C)=O. The molecule has 0 aliphatic rings. The van der Waals surface area contributed by atoms with Gasteiger partial charge in [0.15, 0.2) is 5.78 Å². The van der Waals surface area contributed by atoms with E-state index >= 15 is 0 Å². The highest BCUT2D eigenvalue weighted by atomic mass is 16.1. The second kappa shape index (κ2) is 6.26. The van der Waals surface area contributed by atoms with Crippen LogP contribution >= 0.6 is 0 Å². The predicted molar refractivity (Wildman–Crippen MR) is 80.5 cm³/mol. The molecule has 2 aromatic rings. The smallest absolute Gasteiger partial charge is 0.257 e. The van der Waals surface area contributed by atoms with E-state index in [1.54, 1.807) is 37.3 Å². The lowest BCUT2D eigenvalue weighted by Gasteiger charge is -2.11. The van der Waals surface area contributed by atoms with E-state index in [1.807, 2.05) is 6.92 Å². The monoisotopic (exact) mass is 283 g/mol. The van der Waals surface area contributed by atoms with Crippen LogP contribution in [0.4, 0.5) is 5.69 Å². The lowest BCUT2D eigenvalue weighted by molar-refractivity contribution is 0.101. The van der Waals surface area contributed by atoms with Gasteiger partial charge < -0.3 is 5.32 Å². The van der Waals surface area contributed by atoms with Gasteiger partial charge in [-0.15, -0.1) is 0 Å². The fourth-order valence-electron chi connectivity index (χ4n) is 2.06. The molecule has 0 bridgehead atoms. The first-order chi connectivity index (χ1) is 10.0. The van der Waals surface area contributed by atoms with Gasteiger partial charge in [-0.25, -0.2) is 0 Å². The second-order valence-electron chi connectivity index (χ2n) is 4.76.